The molecule has 1 heterocycles. The lowest BCUT2D eigenvalue weighted by molar-refractivity contribution is 0.444. The Hall–Kier alpha value is -2.30. The summed E-state index contributed by atoms with van der Waals surface area (Å²) in [5.41, 5.74) is 7.40. The number of aromatic nitrogens is 2. The highest BCUT2D eigenvalue weighted by Gasteiger charge is 2.17. The SMILES string of the molecule is Cc1nc(Nc2ccc(N)cc2)cc(NC2CCC2)n1. The minimum Gasteiger partial charge on any atom is -0.399 e. The summed E-state index contributed by atoms with van der Waals surface area (Å²) in [6.07, 6.45) is 3.76. The van der Waals surface area contributed by atoms with Crippen molar-refractivity contribution in [2.24, 2.45) is 0 Å². The molecular weight excluding hydrogens is 250 g/mol. The van der Waals surface area contributed by atoms with Crippen LogP contribution in [0.3, 0.4) is 0 Å². The molecule has 5 heteroatoms. The molecule has 1 aromatic heterocycles. The van der Waals surface area contributed by atoms with Crippen molar-refractivity contribution in [2.75, 3.05) is 16.4 Å². The average molecular weight is 269 g/mol. The van der Waals surface area contributed by atoms with Gasteiger partial charge in [0, 0.05) is 23.5 Å². The van der Waals surface area contributed by atoms with Gasteiger partial charge in [-0.1, -0.05) is 0 Å². The van der Waals surface area contributed by atoms with E-state index in [0.29, 0.717) is 6.04 Å². The van der Waals surface area contributed by atoms with E-state index < -0.39 is 0 Å². The summed E-state index contributed by atoms with van der Waals surface area (Å²) in [7, 11) is 0. The Balaban J connectivity index is 1.76. The van der Waals surface area contributed by atoms with E-state index >= 15 is 0 Å². The van der Waals surface area contributed by atoms with Gasteiger partial charge >= 0.3 is 0 Å². The molecule has 5 nitrogen and oxygen atoms in total. The van der Waals surface area contributed by atoms with Crippen LogP contribution >= 0.6 is 0 Å². The molecule has 0 saturated heterocycles. The number of benzene rings is 1. The fourth-order valence-corrected chi connectivity index (χ4v) is 2.18. The second-order valence-electron chi connectivity index (χ2n) is 5.20. The second kappa shape index (κ2) is 5.36. The van der Waals surface area contributed by atoms with Crippen LogP contribution in [0.4, 0.5) is 23.0 Å². The van der Waals surface area contributed by atoms with E-state index in [-0.39, 0.29) is 0 Å². The Morgan fingerprint density at radius 2 is 1.80 bits per heavy atom. The van der Waals surface area contributed by atoms with Gasteiger partial charge in [0.15, 0.2) is 0 Å². The molecule has 1 saturated carbocycles. The second-order valence-corrected chi connectivity index (χ2v) is 5.20. The van der Waals surface area contributed by atoms with Gasteiger partial charge in [0.25, 0.3) is 0 Å². The minimum atomic E-state index is 0.564. The number of nitrogens with two attached hydrogens (primary N) is 1. The first-order valence-corrected chi connectivity index (χ1v) is 6.94. The van der Waals surface area contributed by atoms with Crippen LogP contribution < -0.4 is 16.4 Å². The van der Waals surface area contributed by atoms with E-state index in [9.17, 15) is 0 Å². The normalized spacial score (nSPS) is 14.7. The zero-order chi connectivity index (χ0) is 13.9. The lowest BCUT2D eigenvalue weighted by Crippen LogP contribution is -2.27. The number of hydrogen-bond donors (Lipinski definition) is 3. The van der Waals surface area contributed by atoms with Gasteiger partial charge in [-0.3, -0.25) is 0 Å². The standard InChI is InChI=1S/C15H19N5/c1-10-17-14(19-12-3-2-4-12)9-15(18-10)20-13-7-5-11(16)6-8-13/h5-9,12H,2-4,16H2,1H3,(H2,17,18,19,20). The quantitative estimate of drug-likeness (QED) is 0.744. The Labute approximate surface area is 118 Å². The van der Waals surface area contributed by atoms with Gasteiger partial charge in [-0.25, -0.2) is 9.97 Å². The molecule has 4 N–H and O–H groups in total. The summed E-state index contributed by atoms with van der Waals surface area (Å²) in [6.45, 7) is 1.90. The Bertz CT molecular complexity index is 590. The maximum atomic E-state index is 5.68. The predicted molar refractivity (Wildman–Crippen MR) is 82.2 cm³/mol. The lowest BCUT2D eigenvalue weighted by Gasteiger charge is -2.27. The van der Waals surface area contributed by atoms with Gasteiger partial charge in [-0.2, -0.15) is 0 Å². The van der Waals surface area contributed by atoms with Crippen molar-refractivity contribution in [3.8, 4) is 0 Å². The summed E-state index contributed by atoms with van der Waals surface area (Å²) in [5, 5.41) is 6.72. The zero-order valence-corrected chi connectivity index (χ0v) is 11.6. The molecule has 0 radical (unpaired) electrons. The smallest absolute Gasteiger partial charge is 0.136 e. The van der Waals surface area contributed by atoms with Crippen LogP contribution in [0.5, 0.6) is 0 Å². The van der Waals surface area contributed by atoms with E-state index in [1.807, 2.05) is 37.3 Å². The molecule has 2 aromatic rings. The topological polar surface area (TPSA) is 75.9 Å². The number of anilines is 4. The third kappa shape index (κ3) is 2.99. The predicted octanol–water partition coefficient (Wildman–Crippen LogP) is 3.08. The third-order valence-corrected chi connectivity index (χ3v) is 3.48. The number of hydrogen-bond acceptors (Lipinski definition) is 5. The maximum absolute atomic E-state index is 5.68. The molecule has 1 aliphatic carbocycles. The summed E-state index contributed by atoms with van der Waals surface area (Å²) in [6, 6.07) is 10.1. The first-order valence-electron chi connectivity index (χ1n) is 6.94. The molecule has 0 bridgehead atoms. The molecule has 1 fully saturated rings. The van der Waals surface area contributed by atoms with Crippen LogP contribution in [0.25, 0.3) is 0 Å². The summed E-state index contributed by atoms with van der Waals surface area (Å²) >= 11 is 0. The largest absolute Gasteiger partial charge is 0.399 e. The van der Waals surface area contributed by atoms with Gasteiger partial charge in [0.05, 0.1) is 0 Å². The molecule has 20 heavy (non-hydrogen) atoms. The Kier molecular flexibility index (Phi) is 3.41. The van der Waals surface area contributed by atoms with Crippen molar-refractivity contribution >= 4 is 23.0 Å². The van der Waals surface area contributed by atoms with Crippen molar-refractivity contribution in [3.63, 3.8) is 0 Å². The van der Waals surface area contributed by atoms with Gasteiger partial charge in [0.1, 0.15) is 17.5 Å². The molecule has 1 aromatic carbocycles. The molecule has 0 spiro atoms. The van der Waals surface area contributed by atoms with Crippen LogP contribution in [0.2, 0.25) is 0 Å². The van der Waals surface area contributed by atoms with E-state index in [4.69, 9.17) is 5.73 Å². The van der Waals surface area contributed by atoms with E-state index in [0.717, 1.165) is 28.8 Å². The fraction of sp³-hybridized carbons (Fsp3) is 0.333. The molecule has 0 unspecified atom stereocenters. The highest BCUT2D eigenvalue weighted by Crippen LogP contribution is 2.24. The third-order valence-electron chi connectivity index (χ3n) is 3.48. The van der Waals surface area contributed by atoms with Gasteiger partial charge < -0.3 is 16.4 Å². The highest BCUT2D eigenvalue weighted by molar-refractivity contribution is 5.61. The summed E-state index contributed by atoms with van der Waals surface area (Å²) < 4.78 is 0. The number of rotatable bonds is 4. The van der Waals surface area contributed by atoms with Gasteiger partial charge in [-0.05, 0) is 50.5 Å². The van der Waals surface area contributed by atoms with Crippen LogP contribution in [-0.4, -0.2) is 16.0 Å². The number of nitrogens with one attached hydrogen (secondary N) is 2. The van der Waals surface area contributed by atoms with Crippen LogP contribution in [0.1, 0.15) is 25.1 Å². The van der Waals surface area contributed by atoms with E-state index in [1.165, 1.54) is 19.3 Å². The lowest BCUT2D eigenvalue weighted by atomic mass is 9.93. The highest BCUT2D eigenvalue weighted by atomic mass is 15.1. The van der Waals surface area contributed by atoms with Crippen molar-refractivity contribution < 1.29 is 0 Å². The molecule has 0 aliphatic heterocycles. The van der Waals surface area contributed by atoms with Gasteiger partial charge in [-0.15, -0.1) is 0 Å². The molecule has 104 valence electrons. The molecule has 0 atom stereocenters. The van der Waals surface area contributed by atoms with Gasteiger partial charge in [0.2, 0.25) is 0 Å². The minimum absolute atomic E-state index is 0.564. The molecule has 1 aliphatic rings. The maximum Gasteiger partial charge on any atom is 0.136 e. The van der Waals surface area contributed by atoms with E-state index in [2.05, 4.69) is 20.6 Å². The first-order chi connectivity index (χ1) is 9.69. The van der Waals surface area contributed by atoms with Crippen LogP contribution in [-0.2, 0) is 0 Å². The average Bonchev–Trinajstić information content (AvgIpc) is 2.36. The van der Waals surface area contributed by atoms with Crippen LogP contribution in [0, 0.1) is 6.92 Å². The summed E-state index contributed by atoms with van der Waals surface area (Å²) in [4.78, 5) is 8.84. The molecule has 3 rings (SSSR count). The Morgan fingerprint density at radius 1 is 1.10 bits per heavy atom. The molecule has 0 amide bonds. The first kappa shape index (κ1) is 12.7. The molecular formula is C15H19N5. The number of aryl methyl sites for hydroxylation is 1. The van der Waals surface area contributed by atoms with Crippen molar-refractivity contribution in [1.29, 1.82) is 0 Å². The summed E-state index contributed by atoms with van der Waals surface area (Å²) in [5.74, 6) is 2.44. The van der Waals surface area contributed by atoms with Crippen LogP contribution in [0.15, 0.2) is 30.3 Å². The Morgan fingerprint density at radius 3 is 2.45 bits per heavy atom. The van der Waals surface area contributed by atoms with E-state index in [1.54, 1.807) is 0 Å². The number of nitrogens with zero attached hydrogens (tertiary/aromatic N) is 2. The zero-order valence-electron chi connectivity index (χ0n) is 11.6. The van der Waals surface area contributed by atoms with Crippen molar-refractivity contribution in [2.45, 2.75) is 32.2 Å². The monoisotopic (exact) mass is 269 g/mol. The number of nitrogen functional groups attached to an aromatic ring is 1. The fourth-order valence-electron chi connectivity index (χ4n) is 2.18. The van der Waals surface area contributed by atoms with Crippen molar-refractivity contribution in [3.05, 3.63) is 36.2 Å². The van der Waals surface area contributed by atoms with Crippen molar-refractivity contribution in [1.82, 2.24) is 9.97 Å².